The predicted molar refractivity (Wildman–Crippen MR) is 133 cm³/mol. The number of nitrogens with one attached hydrogen (secondary N) is 1. The quantitative estimate of drug-likeness (QED) is 0.518. The second kappa shape index (κ2) is 10.7. The first-order chi connectivity index (χ1) is 16.1. The van der Waals surface area contributed by atoms with E-state index in [9.17, 15) is 9.90 Å². The zero-order valence-corrected chi connectivity index (χ0v) is 20.1. The van der Waals surface area contributed by atoms with Gasteiger partial charge in [0.15, 0.2) is 0 Å². The lowest BCUT2D eigenvalue weighted by Crippen LogP contribution is -2.31. The summed E-state index contributed by atoms with van der Waals surface area (Å²) < 4.78 is 5.41. The van der Waals surface area contributed by atoms with Gasteiger partial charge in [-0.3, -0.25) is 4.79 Å². The normalized spacial score (nSPS) is 16.6. The Morgan fingerprint density at radius 3 is 2.76 bits per heavy atom. The van der Waals surface area contributed by atoms with Crippen molar-refractivity contribution in [2.75, 3.05) is 25.1 Å². The number of hydrogen-bond acceptors (Lipinski definition) is 6. The maximum Gasteiger partial charge on any atom is 0.255 e. The van der Waals surface area contributed by atoms with Crippen molar-refractivity contribution >= 4 is 35.9 Å². The third-order valence-electron chi connectivity index (χ3n) is 6.23. The van der Waals surface area contributed by atoms with Gasteiger partial charge in [-0.25, -0.2) is 9.97 Å². The Bertz CT molecular complexity index is 1170. The number of benzene rings is 2. The Morgan fingerprint density at radius 1 is 1.18 bits per heavy atom. The molecule has 3 heterocycles. The molecule has 1 amide bonds. The average Bonchev–Trinajstić information content (AvgIpc) is 3.16. The van der Waals surface area contributed by atoms with Crippen LogP contribution in [-0.4, -0.2) is 51.7 Å². The maximum absolute atomic E-state index is 13.3. The van der Waals surface area contributed by atoms with E-state index in [0.717, 1.165) is 48.4 Å². The van der Waals surface area contributed by atoms with Gasteiger partial charge in [-0.05, 0) is 48.2 Å². The van der Waals surface area contributed by atoms with E-state index >= 15 is 0 Å². The highest BCUT2D eigenvalue weighted by Gasteiger charge is 2.33. The van der Waals surface area contributed by atoms with Gasteiger partial charge in [0.05, 0.1) is 18.3 Å². The fourth-order valence-electron chi connectivity index (χ4n) is 4.45. The van der Waals surface area contributed by atoms with Crippen LogP contribution in [0, 0.1) is 0 Å². The van der Waals surface area contributed by atoms with E-state index in [-0.39, 0.29) is 24.9 Å². The molecule has 3 aromatic rings. The summed E-state index contributed by atoms with van der Waals surface area (Å²) >= 11 is 6.13. The highest BCUT2D eigenvalue weighted by atomic mass is 35.5. The first-order valence-corrected chi connectivity index (χ1v) is 11.5. The van der Waals surface area contributed by atoms with Gasteiger partial charge in [-0.1, -0.05) is 35.9 Å². The molecule has 1 atom stereocenters. The number of amides is 1. The summed E-state index contributed by atoms with van der Waals surface area (Å²) in [4.78, 5) is 24.0. The lowest BCUT2D eigenvalue weighted by molar-refractivity contribution is 0.0615. The number of nitrogens with zero attached hydrogens (tertiary/aromatic N) is 3. The molecule has 0 aliphatic carbocycles. The molecular formula is C25H26Cl2N4O3. The van der Waals surface area contributed by atoms with E-state index in [1.165, 1.54) is 0 Å². The summed E-state index contributed by atoms with van der Waals surface area (Å²) in [5, 5.41) is 14.0. The minimum absolute atomic E-state index is 0. The smallest absolute Gasteiger partial charge is 0.255 e. The van der Waals surface area contributed by atoms with Crippen molar-refractivity contribution < 1.29 is 14.6 Å². The number of carbonyl (C=O) groups excluding carboxylic acids is 1. The number of hydrogen-bond donors (Lipinski definition) is 2. The van der Waals surface area contributed by atoms with Gasteiger partial charge in [-0.15, -0.1) is 12.4 Å². The third kappa shape index (κ3) is 5.03. The number of aliphatic hydroxyl groups is 1. The molecular weight excluding hydrogens is 475 g/mol. The van der Waals surface area contributed by atoms with Gasteiger partial charge in [0, 0.05) is 48.1 Å². The highest BCUT2D eigenvalue weighted by Crippen LogP contribution is 2.34. The maximum atomic E-state index is 13.3. The summed E-state index contributed by atoms with van der Waals surface area (Å²) in [5.41, 5.74) is 3.97. The van der Waals surface area contributed by atoms with Crippen molar-refractivity contribution in [1.82, 2.24) is 14.9 Å². The molecule has 1 saturated heterocycles. The van der Waals surface area contributed by atoms with Crippen LogP contribution in [0.4, 0.5) is 5.95 Å². The van der Waals surface area contributed by atoms with E-state index in [0.29, 0.717) is 29.1 Å². The van der Waals surface area contributed by atoms with Crippen molar-refractivity contribution in [3.8, 4) is 11.3 Å². The largest absolute Gasteiger partial charge is 0.394 e. The van der Waals surface area contributed by atoms with E-state index in [1.807, 2.05) is 36.4 Å². The Hall–Kier alpha value is -2.71. The molecule has 34 heavy (non-hydrogen) atoms. The van der Waals surface area contributed by atoms with Crippen LogP contribution >= 0.6 is 24.0 Å². The van der Waals surface area contributed by atoms with Gasteiger partial charge < -0.3 is 20.1 Å². The summed E-state index contributed by atoms with van der Waals surface area (Å²) in [6.07, 6.45) is 3.58. The lowest BCUT2D eigenvalue weighted by Gasteiger charge is -2.26. The lowest BCUT2D eigenvalue weighted by atomic mass is 10.0. The van der Waals surface area contributed by atoms with Gasteiger partial charge in [-0.2, -0.15) is 0 Å². The number of carbonyl (C=O) groups is 1. The van der Waals surface area contributed by atoms with Crippen LogP contribution in [0.15, 0.2) is 54.7 Å². The van der Waals surface area contributed by atoms with Gasteiger partial charge in [0.25, 0.3) is 5.91 Å². The van der Waals surface area contributed by atoms with Crippen molar-refractivity contribution in [1.29, 1.82) is 0 Å². The summed E-state index contributed by atoms with van der Waals surface area (Å²) in [5.74, 6) is 0.467. The molecule has 0 spiro atoms. The number of rotatable bonds is 6. The van der Waals surface area contributed by atoms with E-state index < -0.39 is 6.04 Å². The second-order valence-electron chi connectivity index (χ2n) is 8.35. The number of aromatic nitrogens is 2. The van der Waals surface area contributed by atoms with Crippen LogP contribution in [0.2, 0.25) is 5.02 Å². The number of aliphatic hydroxyl groups excluding tert-OH is 1. The zero-order valence-electron chi connectivity index (χ0n) is 18.5. The van der Waals surface area contributed by atoms with Crippen LogP contribution < -0.4 is 5.32 Å². The summed E-state index contributed by atoms with van der Waals surface area (Å²) in [6.45, 7) is 1.74. The highest BCUT2D eigenvalue weighted by molar-refractivity contribution is 6.30. The van der Waals surface area contributed by atoms with Crippen molar-refractivity contribution in [3.63, 3.8) is 0 Å². The van der Waals surface area contributed by atoms with Crippen molar-refractivity contribution in [2.24, 2.45) is 0 Å². The van der Waals surface area contributed by atoms with Crippen LogP contribution in [0.25, 0.3) is 11.3 Å². The molecule has 1 unspecified atom stereocenters. The molecule has 7 nitrogen and oxygen atoms in total. The number of ether oxygens (including phenoxy) is 1. The molecule has 1 aromatic heterocycles. The number of halogens is 2. The van der Waals surface area contributed by atoms with E-state index in [4.69, 9.17) is 16.3 Å². The fraction of sp³-hybridized carbons (Fsp3) is 0.320. The molecule has 0 radical (unpaired) electrons. The standard InChI is InChI=1S/C25H25ClN4O3.ClH/c26-19-3-1-2-17(12-19)23(15-31)30-14-18-5-4-16(13-21(18)24(30)32)22-6-9-27-25(29-22)28-20-7-10-33-11-8-20;/h1-6,9,12-13,20,23,31H,7-8,10-11,14-15H2,(H,27,28,29);1H. The first-order valence-electron chi connectivity index (χ1n) is 11.1. The molecule has 0 saturated carbocycles. The first kappa shape index (κ1) is 24.4. The summed E-state index contributed by atoms with van der Waals surface area (Å²) in [7, 11) is 0. The predicted octanol–water partition coefficient (Wildman–Crippen LogP) is 4.50. The molecule has 2 aliphatic rings. The van der Waals surface area contributed by atoms with Crippen molar-refractivity contribution in [2.45, 2.75) is 31.5 Å². The number of anilines is 1. The molecule has 1 fully saturated rings. The molecule has 9 heteroatoms. The Balaban J connectivity index is 0.00000274. The molecule has 0 bridgehead atoms. The SMILES string of the molecule is Cl.O=C1c2cc(-c3ccnc(NC4CCOCC4)n3)ccc2CN1C(CO)c1cccc(Cl)c1. The topological polar surface area (TPSA) is 87.6 Å². The molecule has 2 aliphatic heterocycles. The number of fused-ring (bicyclic) bond motifs is 1. The molecule has 178 valence electrons. The Labute approximate surface area is 209 Å². The van der Waals surface area contributed by atoms with Crippen LogP contribution in [0.1, 0.15) is 40.4 Å². The fourth-order valence-corrected chi connectivity index (χ4v) is 4.64. The Kier molecular flexibility index (Phi) is 7.68. The van der Waals surface area contributed by atoms with E-state index in [1.54, 1.807) is 23.2 Å². The molecule has 5 rings (SSSR count). The average molecular weight is 501 g/mol. The van der Waals surface area contributed by atoms with Crippen LogP contribution in [0.3, 0.4) is 0 Å². The molecule has 2 aromatic carbocycles. The van der Waals surface area contributed by atoms with E-state index in [2.05, 4.69) is 15.3 Å². The Morgan fingerprint density at radius 2 is 2.00 bits per heavy atom. The molecule has 2 N–H and O–H groups in total. The minimum atomic E-state index is -0.457. The van der Waals surface area contributed by atoms with Crippen LogP contribution in [0.5, 0.6) is 0 Å². The van der Waals surface area contributed by atoms with Crippen molar-refractivity contribution in [3.05, 3.63) is 76.4 Å². The second-order valence-corrected chi connectivity index (χ2v) is 8.79. The summed E-state index contributed by atoms with van der Waals surface area (Å²) in [6, 6.07) is 14.8. The van der Waals surface area contributed by atoms with Gasteiger partial charge >= 0.3 is 0 Å². The zero-order chi connectivity index (χ0) is 22.8. The van der Waals surface area contributed by atoms with Gasteiger partial charge in [0.2, 0.25) is 5.95 Å². The van der Waals surface area contributed by atoms with Crippen LogP contribution in [-0.2, 0) is 11.3 Å². The third-order valence-corrected chi connectivity index (χ3v) is 6.47. The van der Waals surface area contributed by atoms with Gasteiger partial charge in [0.1, 0.15) is 0 Å². The minimum Gasteiger partial charge on any atom is -0.394 e. The monoisotopic (exact) mass is 500 g/mol.